The van der Waals surface area contributed by atoms with Crippen LogP contribution in [0.2, 0.25) is 0 Å². The van der Waals surface area contributed by atoms with E-state index in [-0.39, 0.29) is 0 Å². The highest BCUT2D eigenvalue weighted by Gasteiger charge is 2.12. The predicted molar refractivity (Wildman–Crippen MR) is 114 cm³/mol. The molecule has 2 aromatic carbocycles. The average molecular weight is 380 g/mol. The lowest BCUT2D eigenvalue weighted by Crippen LogP contribution is -2.07. The number of nitrogens with one attached hydrogen (secondary N) is 1. The Hall–Kier alpha value is -2.95. The molecule has 28 heavy (non-hydrogen) atoms. The molecule has 0 radical (unpaired) electrons. The molecule has 0 saturated carbocycles. The second-order valence-corrected chi connectivity index (χ2v) is 7.30. The van der Waals surface area contributed by atoms with Gasteiger partial charge in [-0.05, 0) is 54.8 Å². The van der Waals surface area contributed by atoms with Crippen molar-refractivity contribution in [1.82, 2.24) is 9.78 Å². The first-order chi connectivity index (χ1) is 13.5. The molecule has 0 saturated heterocycles. The second kappa shape index (κ2) is 8.83. The van der Waals surface area contributed by atoms with E-state index in [9.17, 15) is 0 Å². The number of hydrogen-bond donors (Lipinski definition) is 1. The van der Waals surface area contributed by atoms with Gasteiger partial charge in [-0.25, -0.2) is 0 Å². The number of nitrogens with zero attached hydrogens (tertiary/aromatic N) is 2. The molecule has 0 fully saturated rings. The molecular formula is C23H29N3O2. The van der Waals surface area contributed by atoms with Gasteiger partial charge in [0.1, 0.15) is 18.1 Å². The van der Waals surface area contributed by atoms with E-state index in [0.717, 1.165) is 46.1 Å². The summed E-state index contributed by atoms with van der Waals surface area (Å²) < 4.78 is 13.7. The van der Waals surface area contributed by atoms with Gasteiger partial charge in [-0.1, -0.05) is 19.9 Å². The van der Waals surface area contributed by atoms with E-state index in [1.165, 1.54) is 0 Å². The fourth-order valence-electron chi connectivity index (χ4n) is 3.33. The Kier molecular flexibility index (Phi) is 6.24. The molecule has 1 N–H and O–H groups in total. The van der Waals surface area contributed by atoms with Gasteiger partial charge in [0.05, 0.1) is 18.4 Å². The number of aromatic nitrogens is 2. The Bertz CT molecular complexity index is 909. The quantitative estimate of drug-likeness (QED) is 0.588. The summed E-state index contributed by atoms with van der Waals surface area (Å²) in [6.45, 7) is 7.81. The van der Waals surface area contributed by atoms with Crippen molar-refractivity contribution in [2.24, 2.45) is 5.92 Å². The maximum Gasteiger partial charge on any atom is 0.127 e. The van der Waals surface area contributed by atoms with Gasteiger partial charge in [-0.2, -0.15) is 5.10 Å². The van der Waals surface area contributed by atoms with E-state index in [1.54, 1.807) is 7.11 Å². The zero-order valence-corrected chi connectivity index (χ0v) is 17.3. The Labute approximate surface area is 167 Å². The molecule has 0 aliphatic rings. The maximum atomic E-state index is 6.13. The van der Waals surface area contributed by atoms with Crippen molar-refractivity contribution in [1.29, 1.82) is 0 Å². The summed E-state index contributed by atoms with van der Waals surface area (Å²) in [7, 11) is 3.58. The van der Waals surface area contributed by atoms with Gasteiger partial charge >= 0.3 is 0 Å². The van der Waals surface area contributed by atoms with Crippen LogP contribution in [0.3, 0.4) is 0 Å². The van der Waals surface area contributed by atoms with Crippen molar-refractivity contribution >= 4 is 5.69 Å². The standard InChI is InChI=1S/C23H29N3O2/c1-16(2)14-26-21(11-12-25-26)18-9-10-22(17(3)13-18)28-15-19-20(24-4)7-6-8-23(19)27-5/h6-13,16,24H,14-15H2,1-5H3. The molecule has 0 spiro atoms. The molecule has 0 aliphatic heterocycles. The lowest BCUT2D eigenvalue weighted by atomic mass is 10.1. The monoisotopic (exact) mass is 379 g/mol. The summed E-state index contributed by atoms with van der Waals surface area (Å²) in [6, 6.07) is 14.3. The number of ether oxygens (including phenoxy) is 2. The molecule has 0 aliphatic carbocycles. The van der Waals surface area contributed by atoms with Crippen LogP contribution in [0.4, 0.5) is 5.69 Å². The van der Waals surface area contributed by atoms with Crippen LogP contribution in [0, 0.1) is 12.8 Å². The topological polar surface area (TPSA) is 48.3 Å². The molecule has 5 heteroatoms. The van der Waals surface area contributed by atoms with E-state index in [1.807, 2.05) is 37.5 Å². The SMILES string of the molecule is CNc1cccc(OC)c1COc1ccc(-c2ccnn2CC(C)C)cc1C. The second-order valence-electron chi connectivity index (χ2n) is 7.30. The lowest BCUT2D eigenvalue weighted by Gasteiger charge is -2.16. The molecule has 148 valence electrons. The Morgan fingerprint density at radius 1 is 1.11 bits per heavy atom. The highest BCUT2D eigenvalue weighted by atomic mass is 16.5. The van der Waals surface area contributed by atoms with Crippen LogP contribution in [0.5, 0.6) is 11.5 Å². The van der Waals surface area contributed by atoms with Crippen molar-refractivity contribution in [2.75, 3.05) is 19.5 Å². The van der Waals surface area contributed by atoms with E-state index < -0.39 is 0 Å². The van der Waals surface area contributed by atoms with Crippen molar-refractivity contribution in [2.45, 2.75) is 33.9 Å². The summed E-state index contributed by atoms with van der Waals surface area (Å²) in [4.78, 5) is 0. The molecule has 1 heterocycles. The molecule has 0 amide bonds. The number of rotatable bonds is 8. The molecule has 3 rings (SSSR count). The normalized spacial score (nSPS) is 10.9. The third-order valence-corrected chi connectivity index (χ3v) is 4.72. The van der Waals surface area contributed by atoms with Gasteiger partial charge in [-0.3, -0.25) is 4.68 Å². The number of methoxy groups -OCH3 is 1. The predicted octanol–water partition coefficient (Wildman–Crippen LogP) is 5.14. The molecule has 5 nitrogen and oxygen atoms in total. The molecular weight excluding hydrogens is 350 g/mol. The van der Waals surface area contributed by atoms with Crippen molar-refractivity contribution in [3.05, 3.63) is 59.8 Å². The molecule has 0 bridgehead atoms. The van der Waals surface area contributed by atoms with Crippen molar-refractivity contribution < 1.29 is 9.47 Å². The highest BCUT2D eigenvalue weighted by molar-refractivity contribution is 5.62. The van der Waals surface area contributed by atoms with Crippen LogP contribution >= 0.6 is 0 Å². The van der Waals surface area contributed by atoms with Gasteiger partial charge < -0.3 is 14.8 Å². The molecule has 0 unspecified atom stereocenters. The zero-order chi connectivity index (χ0) is 20.1. The number of aryl methyl sites for hydroxylation is 1. The minimum atomic E-state index is 0.436. The maximum absolute atomic E-state index is 6.13. The molecule has 3 aromatic rings. The molecule has 0 atom stereocenters. The lowest BCUT2D eigenvalue weighted by molar-refractivity contribution is 0.295. The van der Waals surface area contributed by atoms with Crippen LogP contribution < -0.4 is 14.8 Å². The Morgan fingerprint density at radius 2 is 1.93 bits per heavy atom. The van der Waals surface area contributed by atoms with Crippen LogP contribution in [0.15, 0.2) is 48.7 Å². The smallest absolute Gasteiger partial charge is 0.127 e. The first-order valence-electron chi connectivity index (χ1n) is 9.62. The first kappa shape index (κ1) is 19.8. The Morgan fingerprint density at radius 3 is 2.61 bits per heavy atom. The van der Waals surface area contributed by atoms with Crippen LogP contribution in [0.25, 0.3) is 11.3 Å². The summed E-state index contributed by atoms with van der Waals surface area (Å²) >= 11 is 0. The first-order valence-corrected chi connectivity index (χ1v) is 9.62. The van der Waals surface area contributed by atoms with Gasteiger partial charge in [-0.15, -0.1) is 0 Å². The molecule has 1 aromatic heterocycles. The Balaban J connectivity index is 1.80. The number of hydrogen-bond acceptors (Lipinski definition) is 4. The zero-order valence-electron chi connectivity index (χ0n) is 17.3. The summed E-state index contributed by atoms with van der Waals surface area (Å²) in [5.74, 6) is 2.23. The number of anilines is 1. The highest BCUT2D eigenvalue weighted by Crippen LogP contribution is 2.30. The minimum Gasteiger partial charge on any atom is -0.496 e. The number of benzene rings is 2. The van der Waals surface area contributed by atoms with Crippen molar-refractivity contribution in [3.8, 4) is 22.8 Å². The van der Waals surface area contributed by atoms with Gasteiger partial charge in [0.25, 0.3) is 0 Å². The van der Waals surface area contributed by atoms with Crippen LogP contribution in [-0.2, 0) is 13.2 Å². The summed E-state index contributed by atoms with van der Waals surface area (Å²) in [5, 5.41) is 7.66. The van der Waals surface area contributed by atoms with Crippen molar-refractivity contribution in [3.63, 3.8) is 0 Å². The fraction of sp³-hybridized carbons (Fsp3) is 0.348. The van der Waals surface area contributed by atoms with E-state index >= 15 is 0 Å². The van der Waals surface area contributed by atoms with Gasteiger partial charge in [0.2, 0.25) is 0 Å². The van der Waals surface area contributed by atoms with Gasteiger partial charge in [0, 0.05) is 31.0 Å². The van der Waals surface area contributed by atoms with E-state index in [2.05, 4.69) is 54.1 Å². The summed E-state index contributed by atoms with van der Waals surface area (Å²) in [5.41, 5.74) is 5.38. The largest absolute Gasteiger partial charge is 0.496 e. The van der Waals surface area contributed by atoms with Gasteiger partial charge in [0.15, 0.2) is 0 Å². The fourth-order valence-corrected chi connectivity index (χ4v) is 3.33. The third-order valence-electron chi connectivity index (χ3n) is 4.72. The van der Waals surface area contributed by atoms with E-state index in [4.69, 9.17) is 9.47 Å². The average Bonchev–Trinajstić information content (AvgIpc) is 3.14. The third kappa shape index (κ3) is 4.30. The van der Waals surface area contributed by atoms with Crippen LogP contribution in [-0.4, -0.2) is 23.9 Å². The van der Waals surface area contributed by atoms with E-state index in [0.29, 0.717) is 12.5 Å². The van der Waals surface area contributed by atoms with Crippen LogP contribution in [0.1, 0.15) is 25.0 Å². The minimum absolute atomic E-state index is 0.436. The summed E-state index contributed by atoms with van der Waals surface area (Å²) in [6.07, 6.45) is 1.86.